The summed E-state index contributed by atoms with van der Waals surface area (Å²) in [5.74, 6) is 0. The summed E-state index contributed by atoms with van der Waals surface area (Å²) in [4.78, 5) is 0. The van der Waals surface area contributed by atoms with Crippen LogP contribution in [-0.4, -0.2) is 37.8 Å². The summed E-state index contributed by atoms with van der Waals surface area (Å²) in [5, 5.41) is 0. The minimum Gasteiger partial charge on any atom is -0.329 e. The lowest BCUT2D eigenvalue weighted by molar-refractivity contribution is -0.886. The lowest BCUT2D eigenvalue weighted by Crippen LogP contribution is -2.74. The van der Waals surface area contributed by atoms with E-state index in [0.29, 0.717) is 0 Å². The number of hydrogen-bond donors (Lipinski definition) is 0. The Labute approximate surface area is 194 Å². The molecule has 4 rings (SSSR count). The molecule has 2 heteroatoms. The Bertz CT molecular complexity index is 876. The quantitative estimate of drug-likeness (QED) is 0.324. The van der Waals surface area contributed by atoms with Gasteiger partial charge in [0, 0.05) is 0 Å². The van der Waals surface area contributed by atoms with E-state index >= 15 is 0 Å². The van der Waals surface area contributed by atoms with Crippen LogP contribution in [0.25, 0.3) is 0 Å². The summed E-state index contributed by atoms with van der Waals surface area (Å²) in [6.07, 6.45) is -1.22. The van der Waals surface area contributed by atoms with Crippen molar-refractivity contribution < 1.29 is 4.48 Å². The van der Waals surface area contributed by atoms with Crippen molar-refractivity contribution in [3.63, 3.8) is 0 Å². The molecule has 0 amide bonds. The summed E-state index contributed by atoms with van der Waals surface area (Å²) in [6, 6.07) is 43.5. The van der Waals surface area contributed by atoms with E-state index in [1.807, 2.05) is 0 Å². The van der Waals surface area contributed by atoms with Gasteiger partial charge < -0.3 is 4.48 Å². The zero-order chi connectivity index (χ0) is 22.9. The number of hydrogen-bond acceptors (Lipinski definition) is 0. The summed E-state index contributed by atoms with van der Waals surface area (Å²) in [5.41, 5.74) is 5.36. The Morgan fingerprint density at radius 1 is 0.438 bits per heavy atom. The molecule has 0 saturated heterocycles. The average Bonchev–Trinajstić information content (AvgIpc) is 2.88. The summed E-state index contributed by atoms with van der Waals surface area (Å²) < 4.78 is 1.14. The molecular formula is C30H36BN. The van der Waals surface area contributed by atoms with Crippen LogP contribution >= 0.6 is 0 Å². The van der Waals surface area contributed by atoms with Crippen LogP contribution in [-0.2, 0) is 0 Å². The van der Waals surface area contributed by atoms with E-state index in [9.17, 15) is 0 Å². The molecule has 0 saturated carbocycles. The van der Waals surface area contributed by atoms with Crippen molar-refractivity contribution in [2.75, 3.05) is 27.2 Å². The minimum atomic E-state index is -1.22. The van der Waals surface area contributed by atoms with Gasteiger partial charge in [0.1, 0.15) is 6.15 Å². The van der Waals surface area contributed by atoms with Gasteiger partial charge in [0.25, 0.3) is 0 Å². The number of benzene rings is 4. The van der Waals surface area contributed by atoms with Crippen LogP contribution in [0.4, 0.5) is 0 Å². The topological polar surface area (TPSA) is 0 Å². The standard InChI is InChI=1S/C24H20B.C6H16N/c1-5-13-21(14-6-1)25(22-15-7-2-8-16-22,23-17-9-3-10-18-23)24-19-11-4-12-20-24;1-5-7(3,4)6-2/h1-20H;5-6H2,1-4H3/q-1;+1. The number of rotatable bonds is 6. The molecule has 32 heavy (non-hydrogen) atoms. The highest BCUT2D eigenvalue weighted by Gasteiger charge is 2.30. The fourth-order valence-electron chi connectivity index (χ4n) is 4.35. The van der Waals surface area contributed by atoms with Crippen LogP contribution < -0.4 is 21.9 Å². The van der Waals surface area contributed by atoms with Gasteiger partial charge >= 0.3 is 0 Å². The molecule has 0 aliphatic carbocycles. The zero-order valence-electron chi connectivity index (χ0n) is 20.0. The molecule has 0 radical (unpaired) electrons. The highest BCUT2D eigenvalue weighted by molar-refractivity contribution is 7.19. The van der Waals surface area contributed by atoms with Crippen molar-refractivity contribution >= 4 is 28.0 Å². The third-order valence-corrected chi connectivity index (χ3v) is 6.91. The molecule has 0 atom stereocenters. The lowest BCUT2D eigenvalue weighted by Gasteiger charge is -2.44. The van der Waals surface area contributed by atoms with E-state index in [2.05, 4.69) is 149 Å². The first-order valence-corrected chi connectivity index (χ1v) is 11.7. The molecule has 0 bridgehead atoms. The maximum atomic E-state index is 2.26. The van der Waals surface area contributed by atoms with E-state index in [4.69, 9.17) is 0 Å². The molecule has 1 nitrogen and oxygen atoms in total. The third-order valence-electron chi connectivity index (χ3n) is 6.91. The molecule has 4 aromatic rings. The van der Waals surface area contributed by atoms with E-state index in [-0.39, 0.29) is 0 Å². The van der Waals surface area contributed by atoms with E-state index in [0.717, 1.165) is 4.48 Å². The summed E-state index contributed by atoms with van der Waals surface area (Å²) in [6.45, 7) is 6.89. The van der Waals surface area contributed by atoms with Gasteiger partial charge in [-0.1, -0.05) is 121 Å². The second kappa shape index (κ2) is 11.0. The lowest BCUT2D eigenvalue weighted by atomic mass is 9.13. The Hall–Kier alpha value is -3.10. The SMILES string of the molecule is CC[N+](C)(C)CC.c1ccc([B-](c2ccccc2)(c2ccccc2)c2ccccc2)cc1. The highest BCUT2D eigenvalue weighted by Crippen LogP contribution is 2.09. The number of nitrogens with zero attached hydrogens (tertiary/aromatic N) is 1. The summed E-state index contributed by atoms with van der Waals surface area (Å²) >= 11 is 0. The fraction of sp³-hybridized carbons (Fsp3) is 0.200. The third kappa shape index (κ3) is 5.20. The maximum absolute atomic E-state index is 2.26. The minimum absolute atomic E-state index is 1.14. The van der Waals surface area contributed by atoms with Crippen molar-refractivity contribution in [2.45, 2.75) is 13.8 Å². The van der Waals surface area contributed by atoms with Crippen molar-refractivity contribution in [2.24, 2.45) is 0 Å². The molecule has 0 aliphatic rings. The monoisotopic (exact) mass is 421 g/mol. The molecule has 0 unspecified atom stereocenters. The Morgan fingerprint density at radius 2 is 0.656 bits per heavy atom. The smallest absolute Gasteiger partial charge is 0.108 e. The largest absolute Gasteiger partial charge is 0.329 e. The average molecular weight is 421 g/mol. The Balaban J connectivity index is 0.000000360. The van der Waals surface area contributed by atoms with Gasteiger partial charge in [-0.05, 0) is 13.8 Å². The Kier molecular flexibility index (Phi) is 8.08. The van der Waals surface area contributed by atoms with E-state index in [1.165, 1.54) is 34.9 Å². The normalized spacial score (nSPS) is 11.4. The fourth-order valence-corrected chi connectivity index (χ4v) is 4.35. The van der Waals surface area contributed by atoms with Gasteiger partial charge in [-0.3, -0.25) is 0 Å². The van der Waals surface area contributed by atoms with Crippen LogP contribution in [0.2, 0.25) is 0 Å². The zero-order valence-corrected chi connectivity index (χ0v) is 20.0. The first kappa shape index (κ1) is 23.6. The first-order valence-electron chi connectivity index (χ1n) is 11.7. The van der Waals surface area contributed by atoms with Crippen LogP contribution in [0.5, 0.6) is 0 Å². The second-order valence-corrected chi connectivity index (χ2v) is 9.08. The van der Waals surface area contributed by atoms with Crippen molar-refractivity contribution in [3.8, 4) is 0 Å². The molecule has 0 heterocycles. The van der Waals surface area contributed by atoms with Crippen LogP contribution in [0, 0.1) is 0 Å². The van der Waals surface area contributed by atoms with E-state index < -0.39 is 6.15 Å². The van der Waals surface area contributed by atoms with Crippen molar-refractivity contribution in [1.29, 1.82) is 0 Å². The summed E-state index contributed by atoms with van der Waals surface area (Å²) in [7, 11) is 4.47. The molecule has 0 aromatic heterocycles. The van der Waals surface area contributed by atoms with Crippen LogP contribution in [0.15, 0.2) is 121 Å². The van der Waals surface area contributed by atoms with Crippen molar-refractivity contribution in [3.05, 3.63) is 121 Å². The van der Waals surface area contributed by atoms with Gasteiger partial charge in [0.05, 0.1) is 27.2 Å². The predicted molar refractivity (Wildman–Crippen MR) is 143 cm³/mol. The van der Waals surface area contributed by atoms with Crippen LogP contribution in [0.1, 0.15) is 13.8 Å². The van der Waals surface area contributed by atoms with Gasteiger partial charge in [-0.25, -0.2) is 0 Å². The molecule has 164 valence electrons. The molecule has 0 N–H and O–H groups in total. The highest BCUT2D eigenvalue weighted by atomic mass is 15.3. The Morgan fingerprint density at radius 3 is 0.812 bits per heavy atom. The molecule has 0 aliphatic heterocycles. The first-order chi connectivity index (χ1) is 15.5. The molecule has 0 spiro atoms. The van der Waals surface area contributed by atoms with Crippen LogP contribution in [0.3, 0.4) is 0 Å². The molecule has 0 fully saturated rings. The van der Waals surface area contributed by atoms with Gasteiger partial charge in [0.2, 0.25) is 0 Å². The van der Waals surface area contributed by atoms with Gasteiger partial charge in [-0.15, -0.1) is 0 Å². The van der Waals surface area contributed by atoms with Crippen molar-refractivity contribution in [1.82, 2.24) is 0 Å². The molecular weight excluding hydrogens is 385 g/mol. The van der Waals surface area contributed by atoms with Gasteiger partial charge in [0.15, 0.2) is 0 Å². The van der Waals surface area contributed by atoms with E-state index in [1.54, 1.807) is 0 Å². The number of quaternary nitrogens is 1. The maximum Gasteiger partial charge on any atom is 0.108 e. The second-order valence-electron chi connectivity index (χ2n) is 9.08. The molecule has 4 aromatic carbocycles. The van der Waals surface area contributed by atoms with Gasteiger partial charge in [-0.2, -0.15) is 21.9 Å². The predicted octanol–water partition coefficient (Wildman–Crippen LogP) is 4.17.